The number of carbonyl (C=O) groups excluding carboxylic acids is 1. The Bertz CT molecular complexity index is 457. The van der Waals surface area contributed by atoms with E-state index in [1.807, 2.05) is 6.07 Å². The molecule has 4 nitrogen and oxygen atoms in total. The summed E-state index contributed by atoms with van der Waals surface area (Å²) in [6.45, 7) is 0. The van der Waals surface area contributed by atoms with Crippen LogP contribution in [0.25, 0.3) is 0 Å². The minimum atomic E-state index is -0.0455. The van der Waals surface area contributed by atoms with Gasteiger partial charge >= 0.3 is 0 Å². The molecule has 0 aromatic carbocycles. The van der Waals surface area contributed by atoms with Gasteiger partial charge in [0.05, 0.1) is 5.69 Å². The monoisotopic (exact) mass is 281 g/mol. The average Bonchev–Trinajstić information content (AvgIpc) is 2.32. The molecular formula is C11H12BrN3O. The van der Waals surface area contributed by atoms with E-state index < -0.39 is 0 Å². The van der Waals surface area contributed by atoms with Gasteiger partial charge in [-0.05, 0) is 41.3 Å². The van der Waals surface area contributed by atoms with Crippen molar-refractivity contribution in [1.29, 1.82) is 0 Å². The number of nitrogens with one attached hydrogen (secondary N) is 2. The second-order valence-corrected chi connectivity index (χ2v) is 5.45. The Morgan fingerprint density at radius 1 is 1.44 bits per heavy atom. The van der Waals surface area contributed by atoms with Crippen LogP contribution in [0.15, 0.2) is 16.7 Å². The van der Waals surface area contributed by atoms with Gasteiger partial charge in [-0.15, -0.1) is 0 Å². The minimum absolute atomic E-state index is 0.0455. The Morgan fingerprint density at radius 2 is 2.25 bits per heavy atom. The van der Waals surface area contributed by atoms with Crippen molar-refractivity contribution in [2.24, 2.45) is 0 Å². The first-order valence-electron chi connectivity index (χ1n) is 5.41. The summed E-state index contributed by atoms with van der Waals surface area (Å²) >= 11 is 3.35. The Kier molecular flexibility index (Phi) is 2.17. The molecule has 1 aliphatic carbocycles. The lowest BCUT2D eigenvalue weighted by molar-refractivity contribution is -0.117. The van der Waals surface area contributed by atoms with Crippen molar-refractivity contribution in [3.05, 3.63) is 16.7 Å². The van der Waals surface area contributed by atoms with Crippen LogP contribution in [0.4, 0.5) is 11.5 Å². The first-order chi connectivity index (χ1) is 7.67. The number of halogens is 1. The summed E-state index contributed by atoms with van der Waals surface area (Å²) in [7, 11) is 0. The smallest absolute Gasteiger partial charge is 0.226 e. The molecule has 1 amide bonds. The van der Waals surface area contributed by atoms with E-state index in [1.165, 1.54) is 6.42 Å². The number of fused-ring (bicyclic) bond motifs is 1. The molecule has 0 saturated heterocycles. The largest absolute Gasteiger partial charge is 0.362 e. The number of carbonyl (C=O) groups is 1. The van der Waals surface area contributed by atoms with Crippen LogP contribution in [0.1, 0.15) is 25.7 Å². The molecule has 2 aliphatic rings. The summed E-state index contributed by atoms with van der Waals surface area (Å²) in [5.74, 6) is 0.861. The molecule has 1 fully saturated rings. The van der Waals surface area contributed by atoms with E-state index in [9.17, 15) is 4.79 Å². The summed E-state index contributed by atoms with van der Waals surface area (Å²) in [5, 5.41) is 6.31. The van der Waals surface area contributed by atoms with Crippen LogP contribution in [-0.4, -0.2) is 16.4 Å². The zero-order valence-electron chi connectivity index (χ0n) is 8.72. The Morgan fingerprint density at radius 3 is 2.94 bits per heavy atom. The second kappa shape index (κ2) is 3.45. The normalized spacial score (nSPS) is 21.4. The fraction of sp³-hybridized carbons (Fsp3) is 0.455. The number of rotatable bonds is 0. The molecule has 5 heteroatoms. The van der Waals surface area contributed by atoms with Crippen molar-refractivity contribution in [2.75, 3.05) is 10.6 Å². The highest BCUT2D eigenvalue weighted by molar-refractivity contribution is 9.10. The van der Waals surface area contributed by atoms with Crippen LogP contribution in [0.2, 0.25) is 0 Å². The molecule has 1 spiro atoms. The van der Waals surface area contributed by atoms with E-state index in [1.54, 1.807) is 6.20 Å². The lowest BCUT2D eigenvalue weighted by atomic mass is 9.74. The molecule has 0 atom stereocenters. The van der Waals surface area contributed by atoms with Crippen molar-refractivity contribution >= 4 is 33.3 Å². The van der Waals surface area contributed by atoms with E-state index in [0.29, 0.717) is 6.42 Å². The summed E-state index contributed by atoms with van der Waals surface area (Å²) in [6, 6.07) is 1.88. The van der Waals surface area contributed by atoms with Gasteiger partial charge in [-0.3, -0.25) is 4.79 Å². The number of amides is 1. The molecule has 1 saturated carbocycles. The lowest BCUT2D eigenvalue weighted by Gasteiger charge is -2.41. The van der Waals surface area contributed by atoms with Gasteiger partial charge in [-0.2, -0.15) is 0 Å². The van der Waals surface area contributed by atoms with Crippen LogP contribution in [0, 0.1) is 0 Å². The fourth-order valence-corrected chi connectivity index (χ4v) is 2.67. The van der Waals surface area contributed by atoms with Gasteiger partial charge in [0, 0.05) is 22.6 Å². The quantitative estimate of drug-likeness (QED) is 0.768. The molecule has 2 heterocycles. The molecular weight excluding hydrogens is 270 g/mol. The number of pyridine rings is 1. The van der Waals surface area contributed by atoms with Crippen molar-refractivity contribution in [1.82, 2.24) is 4.98 Å². The number of hydrogen-bond acceptors (Lipinski definition) is 3. The van der Waals surface area contributed by atoms with Crippen molar-refractivity contribution in [3.8, 4) is 0 Å². The van der Waals surface area contributed by atoms with E-state index in [-0.39, 0.29) is 11.4 Å². The van der Waals surface area contributed by atoms with E-state index >= 15 is 0 Å². The lowest BCUT2D eigenvalue weighted by Crippen LogP contribution is -2.46. The Balaban J connectivity index is 2.01. The van der Waals surface area contributed by atoms with Gasteiger partial charge in [0.2, 0.25) is 5.91 Å². The van der Waals surface area contributed by atoms with Gasteiger partial charge in [0.15, 0.2) is 0 Å². The van der Waals surface area contributed by atoms with Crippen molar-refractivity contribution in [2.45, 2.75) is 31.2 Å². The highest BCUT2D eigenvalue weighted by atomic mass is 79.9. The maximum Gasteiger partial charge on any atom is 0.226 e. The van der Waals surface area contributed by atoms with Gasteiger partial charge in [0.25, 0.3) is 0 Å². The topological polar surface area (TPSA) is 54.0 Å². The summed E-state index contributed by atoms with van der Waals surface area (Å²) < 4.78 is 0.873. The first kappa shape index (κ1) is 10.1. The van der Waals surface area contributed by atoms with E-state index in [0.717, 1.165) is 28.8 Å². The number of aromatic nitrogens is 1. The van der Waals surface area contributed by atoms with Crippen molar-refractivity contribution in [3.63, 3.8) is 0 Å². The molecule has 16 heavy (non-hydrogen) atoms. The number of nitrogens with zero attached hydrogens (tertiary/aromatic N) is 1. The maximum atomic E-state index is 11.8. The summed E-state index contributed by atoms with van der Waals surface area (Å²) in [5.41, 5.74) is 0.721. The molecule has 1 aromatic rings. The molecule has 0 radical (unpaired) electrons. The fourth-order valence-electron chi connectivity index (χ4n) is 2.34. The van der Waals surface area contributed by atoms with Gasteiger partial charge < -0.3 is 10.6 Å². The zero-order valence-corrected chi connectivity index (χ0v) is 10.3. The van der Waals surface area contributed by atoms with Gasteiger partial charge in [-0.25, -0.2) is 4.98 Å². The van der Waals surface area contributed by atoms with Crippen LogP contribution < -0.4 is 10.6 Å². The minimum Gasteiger partial charge on any atom is -0.362 e. The highest BCUT2D eigenvalue weighted by Crippen LogP contribution is 2.41. The highest BCUT2D eigenvalue weighted by Gasteiger charge is 2.41. The Labute approximate surface area is 102 Å². The molecule has 1 aliphatic heterocycles. The van der Waals surface area contributed by atoms with Crippen LogP contribution >= 0.6 is 15.9 Å². The average molecular weight is 282 g/mol. The second-order valence-electron chi connectivity index (χ2n) is 4.53. The van der Waals surface area contributed by atoms with Crippen LogP contribution in [0.3, 0.4) is 0 Å². The van der Waals surface area contributed by atoms with E-state index in [4.69, 9.17) is 0 Å². The maximum absolute atomic E-state index is 11.8. The predicted octanol–water partition coefficient (Wildman–Crippen LogP) is 2.52. The summed E-state index contributed by atoms with van der Waals surface area (Å²) in [6.07, 6.45) is 5.58. The SMILES string of the molecule is O=C1CC2(CCC2)Nc2ncc(Br)cc2N1. The molecule has 2 N–H and O–H groups in total. The van der Waals surface area contributed by atoms with Crippen LogP contribution in [-0.2, 0) is 4.79 Å². The third-order valence-electron chi connectivity index (χ3n) is 3.32. The van der Waals surface area contributed by atoms with Gasteiger partial charge in [0.1, 0.15) is 5.82 Å². The standard InChI is InChI=1S/C11H12BrN3O/c12-7-4-8-10(13-6-7)15-11(2-1-3-11)5-9(16)14-8/h4,6H,1-3,5H2,(H,13,15)(H,14,16). The molecule has 3 rings (SSSR count). The Hall–Kier alpha value is -1.10. The van der Waals surface area contributed by atoms with Crippen LogP contribution in [0.5, 0.6) is 0 Å². The summed E-state index contributed by atoms with van der Waals surface area (Å²) in [4.78, 5) is 16.1. The van der Waals surface area contributed by atoms with E-state index in [2.05, 4.69) is 31.5 Å². The molecule has 0 unspecified atom stereocenters. The number of hydrogen-bond donors (Lipinski definition) is 2. The zero-order chi connectivity index (χ0) is 11.2. The third-order valence-corrected chi connectivity index (χ3v) is 3.76. The first-order valence-corrected chi connectivity index (χ1v) is 6.20. The predicted molar refractivity (Wildman–Crippen MR) is 65.4 cm³/mol. The number of anilines is 2. The molecule has 0 bridgehead atoms. The van der Waals surface area contributed by atoms with Crippen molar-refractivity contribution < 1.29 is 4.79 Å². The van der Waals surface area contributed by atoms with Gasteiger partial charge in [-0.1, -0.05) is 0 Å². The molecule has 84 valence electrons. The molecule has 1 aromatic heterocycles. The third kappa shape index (κ3) is 1.59.